The van der Waals surface area contributed by atoms with Gasteiger partial charge in [-0.2, -0.15) is 0 Å². The molecular weight excluding hydrogens is 899 g/mol. The molecule has 0 saturated carbocycles. The molecule has 18 heteroatoms. The molecule has 314 valence electrons. The first-order valence-corrected chi connectivity index (χ1v) is 22.4. The van der Waals surface area contributed by atoms with Crippen LogP contribution in [0.3, 0.4) is 0 Å². The van der Waals surface area contributed by atoms with Gasteiger partial charge in [-0.3, -0.25) is 0 Å². The van der Waals surface area contributed by atoms with E-state index >= 15 is 0 Å². The molecule has 5 aromatic heterocycles. The van der Waals surface area contributed by atoms with Crippen molar-refractivity contribution in [1.29, 1.82) is 0 Å². The van der Waals surface area contributed by atoms with Gasteiger partial charge in [0, 0.05) is 51.5 Å². The number of anilines is 2. The molecule has 0 unspecified atom stereocenters. The Labute approximate surface area is 375 Å². The van der Waals surface area contributed by atoms with Gasteiger partial charge in [-0.15, -0.1) is 0 Å². The van der Waals surface area contributed by atoms with Crippen LogP contribution in [0.4, 0.5) is 11.6 Å². The maximum absolute atomic E-state index is 13.3. The molecule has 0 aliphatic carbocycles. The topological polar surface area (TPSA) is 116 Å². The molecule has 0 amide bonds. The van der Waals surface area contributed by atoms with Crippen molar-refractivity contribution in [3.05, 3.63) is 121 Å². The van der Waals surface area contributed by atoms with Crippen molar-refractivity contribution in [3.8, 4) is 11.3 Å². The van der Waals surface area contributed by atoms with Crippen molar-refractivity contribution in [2.24, 2.45) is 0 Å². The smallest absolute Gasteiger partial charge is 0.269 e. The molecule has 59 heavy (non-hydrogen) atoms. The molecule has 11 nitrogen and oxygen atoms in total. The van der Waals surface area contributed by atoms with Gasteiger partial charge in [-0.05, 0) is 81.4 Å². The van der Waals surface area contributed by atoms with E-state index < -0.39 is 10.0 Å². The molecule has 0 N–H and O–H groups in total. The lowest BCUT2D eigenvalue weighted by Gasteiger charge is -2.34. The number of morpholine rings is 2. The van der Waals surface area contributed by atoms with E-state index in [2.05, 4.69) is 38.6 Å². The average Bonchev–Trinajstić information content (AvgIpc) is 3.64. The Bertz CT molecular complexity index is 2390. The molecule has 8 rings (SSSR count). The SMILES string of the molecule is CC.C[C@@H]1COCCN1c1cc(Cl)cc(Cl)n1.Cc1ccc(S(=O)(=O)n2ccc3c(-c4cc(Cl)cc(N5CCOC[C@H]5C)n4)ccnc32)cc1.Clc1cc(Cl)nc(Cl)c1. The zero-order valence-electron chi connectivity index (χ0n) is 32.9. The van der Waals surface area contributed by atoms with Crippen molar-refractivity contribution in [2.75, 3.05) is 49.3 Å². The van der Waals surface area contributed by atoms with Crippen molar-refractivity contribution >= 4 is 102 Å². The minimum absolute atomic E-state index is 0.177. The van der Waals surface area contributed by atoms with Gasteiger partial charge >= 0.3 is 0 Å². The fourth-order valence-corrected chi connectivity index (χ4v) is 8.94. The van der Waals surface area contributed by atoms with Gasteiger partial charge in [-0.1, -0.05) is 101 Å². The fourth-order valence-electron chi connectivity index (χ4n) is 6.20. The van der Waals surface area contributed by atoms with E-state index in [1.165, 1.54) is 22.3 Å². The van der Waals surface area contributed by atoms with Crippen LogP contribution in [0.5, 0.6) is 0 Å². The van der Waals surface area contributed by atoms with E-state index in [-0.39, 0.29) is 10.9 Å². The first-order chi connectivity index (χ1) is 28.2. The highest BCUT2D eigenvalue weighted by molar-refractivity contribution is 7.90. The predicted molar refractivity (Wildman–Crippen MR) is 242 cm³/mol. The first kappa shape index (κ1) is 46.6. The number of ether oxygens (including phenoxy) is 2. The van der Waals surface area contributed by atoms with Crippen molar-refractivity contribution < 1.29 is 17.9 Å². The van der Waals surface area contributed by atoms with Crippen LogP contribution in [0.2, 0.25) is 30.5 Å². The summed E-state index contributed by atoms with van der Waals surface area (Å²) in [4.78, 5) is 21.7. The fraction of sp³-hybridized carbons (Fsp3) is 0.317. The molecule has 2 fully saturated rings. The Morgan fingerprint density at radius 2 is 1.17 bits per heavy atom. The number of hydrogen-bond acceptors (Lipinski definition) is 10. The van der Waals surface area contributed by atoms with Gasteiger partial charge in [0.05, 0.1) is 49.1 Å². The lowest BCUT2D eigenvalue weighted by Crippen LogP contribution is -2.44. The number of aromatic nitrogens is 5. The van der Waals surface area contributed by atoms with Crippen molar-refractivity contribution in [1.82, 2.24) is 23.9 Å². The summed E-state index contributed by atoms with van der Waals surface area (Å²) in [5.74, 6) is 1.59. The third kappa shape index (κ3) is 12.1. The van der Waals surface area contributed by atoms with E-state index in [1.807, 2.05) is 39.0 Å². The molecule has 0 bridgehead atoms. The van der Waals surface area contributed by atoms with Gasteiger partial charge in [0.25, 0.3) is 10.0 Å². The van der Waals surface area contributed by atoms with E-state index in [0.717, 1.165) is 42.5 Å². The largest absolute Gasteiger partial charge is 0.377 e. The van der Waals surface area contributed by atoms with E-state index in [0.29, 0.717) is 73.1 Å². The summed E-state index contributed by atoms with van der Waals surface area (Å²) in [6.45, 7) is 14.3. The maximum atomic E-state index is 13.3. The van der Waals surface area contributed by atoms with E-state index in [4.69, 9.17) is 84.1 Å². The molecule has 0 spiro atoms. The van der Waals surface area contributed by atoms with Crippen LogP contribution in [0, 0.1) is 6.92 Å². The minimum atomic E-state index is -3.79. The molecule has 0 radical (unpaired) electrons. The number of hydrogen-bond donors (Lipinski definition) is 0. The van der Waals surface area contributed by atoms with Crippen molar-refractivity contribution in [3.63, 3.8) is 0 Å². The standard InChI is InChI=1S/C24H23ClN4O3S.C10H12Cl2N2O.C5H2Cl3N.C2H6/c1-16-3-5-19(6-4-16)33(30,31)29-10-8-21-20(7-9-26-24(21)29)22-13-18(25)14-23(27-22)28-11-12-32-15-17(28)2;1-7-6-15-3-2-14(7)10-5-8(11)4-9(12)13-10;6-3-1-4(7)9-5(8)2-3;1-2/h3-10,13-14,17H,11-12,15H2,1-2H3;4-5,7H,2-3,6H2,1H3;1-2H;1-2H3/t17-;7-;;/m11../s1. The molecule has 6 aromatic rings. The normalized spacial score (nSPS) is 16.6. The molecule has 2 saturated heterocycles. The molecule has 7 heterocycles. The molecule has 2 aliphatic rings. The second-order valence-corrected chi connectivity index (χ2v) is 17.5. The lowest BCUT2D eigenvalue weighted by atomic mass is 10.1. The zero-order chi connectivity index (χ0) is 42.9. The predicted octanol–water partition coefficient (Wildman–Crippen LogP) is 11.2. The zero-order valence-corrected chi connectivity index (χ0v) is 38.3. The average molecular weight is 943 g/mol. The quantitative estimate of drug-likeness (QED) is 0.155. The third-order valence-corrected chi connectivity index (χ3v) is 11.9. The van der Waals surface area contributed by atoms with Crippen LogP contribution in [-0.4, -0.2) is 83.9 Å². The number of benzene rings is 1. The Morgan fingerprint density at radius 1 is 0.661 bits per heavy atom. The van der Waals surface area contributed by atoms with Gasteiger partial charge in [0.1, 0.15) is 27.1 Å². The number of halogens is 6. The maximum Gasteiger partial charge on any atom is 0.269 e. The first-order valence-electron chi connectivity index (χ1n) is 18.7. The summed E-state index contributed by atoms with van der Waals surface area (Å²) in [6, 6.07) is 21.0. The van der Waals surface area contributed by atoms with Gasteiger partial charge < -0.3 is 19.3 Å². The summed E-state index contributed by atoms with van der Waals surface area (Å²) < 4.78 is 38.7. The lowest BCUT2D eigenvalue weighted by molar-refractivity contribution is 0.0985. The Balaban J connectivity index is 0.000000208. The van der Waals surface area contributed by atoms with Crippen molar-refractivity contribution in [2.45, 2.75) is 51.6 Å². The third-order valence-electron chi connectivity index (χ3n) is 8.98. The molecular formula is C41H43Cl6N7O4S. The highest BCUT2D eigenvalue weighted by Gasteiger charge is 2.24. The number of nitrogens with zero attached hydrogens (tertiary/aromatic N) is 7. The van der Waals surface area contributed by atoms with Crippen LogP contribution >= 0.6 is 69.6 Å². The van der Waals surface area contributed by atoms with Gasteiger partial charge in [-0.25, -0.2) is 32.3 Å². The monoisotopic (exact) mass is 939 g/mol. The molecule has 1 aromatic carbocycles. The summed E-state index contributed by atoms with van der Waals surface area (Å²) in [7, 11) is -3.79. The number of aryl methyl sites for hydroxylation is 1. The van der Waals surface area contributed by atoms with Crippen LogP contribution in [0.15, 0.2) is 90.1 Å². The van der Waals surface area contributed by atoms with Crippen LogP contribution in [-0.2, 0) is 19.5 Å². The Kier molecular flexibility index (Phi) is 16.9. The van der Waals surface area contributed by atoms with E-state index in [1.54, 1.807) is 48.7 Å². The Morgan fingerprint density at radius 3 is 1.69 bits per heavy atom. The van der Waals surface area contributed by atoms with Gasteiger partial charge in [0.15, 0.2) is 5.65 Å². The van der Waals surface area contributed by atoms with Crippen LogP contribution < -0.4 is 9.80 Å². The summed E-state index contributed by atoms with van der Waals surface area (Å²) in [5.41, 5.74) is 2.76. The second-order valence-electron chi connectivity index (χ2n) is 13.2. The molecule has 2 aliphatic heterocycles. The minimum Gasteiger partial charge on any atom is -0.377 e. The van der Waals surface area contributed by atoms with Crippen LogP contribution in [0.25, 0.3) is 22.3 Å². The molecule has 2 atom stereocenters. The highest BCUT2D eigenvalue weighted by Crippen LogP contribution is 2.33. The second kappa shape index (κ2) is 21.4. The summed E-state index contributed by atoms with van der Waals surface area (Å²) in [6.07, 6.45) is 3.13. The highest BCUT2D eigenvalue weighted by atomic mass is 35.5. The number of pyridine rings is 4. The summed E-state index contributed by atoms with van der Waals surface area (Å²) >= 11 is 34.8. The van der Waals surface area contributed by atoms with E-state index in [9.17, 15) is 8.42 Å². The van der Waals surface area contributed by atoms with Gasteiger partial charge in [0.2, 0.25) is 0 Å². The number of fused-ring (bicyclic) bond motifs is 1. The number of rotatable bonds is 5. The van der Waals surface area contributed by atoms with Crippen LogP contribution in [0.1, 0.15) is 33.3 Å². The Hall–Kier alpha value is -3.43. The summed E-state index contributed by atoms with van der Waals surface area (Å²) in [5, 5.41) is 3.41.